The molecule has 0 spiro atoms. The number of halogens is 1. The van der Waals surface area contributed by atoms with Gasteiger partial charge < -0.3 is 4.74 Å². The lowest BCUT2D eigenvalue weighted by atomic mass is 10.1. The average Bonchev–Trinajstić information content (AvgIpc) is 2.29. The Hall–Kier alpha value is -0.420. The van der Waals surface area contributed by atoms with Crippen LogP contribution in [0.5, 0.6) is 0 Å². The van der Waals surface area contributed by atoms with Crippen LogP contribution in [0.2, 0.25) is 0 Å². The van der Waals surface area contributed by atoms with Crippen LogP contribution < -0.4 is 0 Å². The normalized spacial score (nSPS) is 10.4. The van der Waals surface area contributed by atoms with Crippen LogP contribution >= 0.6 is 22.6 Å². The van der Waals surface area contributed by atoms with Gasteiger partial charge in [0.25, 0.3) is 0 Å². The molecule has 0 saturated carbocycles. The van der Waals surface area contributed by atoms with Crippen molar-refractivity contribution in [3.8, 4) is 0 Å². The third kappa shape index (κ3) is 5.07. The molecular weight excluding hydrogens is 315 g/mol. The number of Topliss-reactive ketones (excluding diaryl/α,β-unsaturated/α-hetero) is 1. The van der Waals surface area contributed by atoms with Crippen LogP contribution in [0, 0.1) is 3.57 Å². The Morgan fingerprint density at radius 3 is 2.56 bits per heavy atom. The van der Waals surface area contributed by atoms with E-state index < -0.39 is 0 Å². The Bertz CT molecular complexity index is 319. The van der Waals surface area contributed by atoms with E-state index in [-0.39, 0.29) is 12.4 Å². The Labute approximate surface area is 111 Å². The molecule has 0 unspecified atom stereocenters. The second-order valence-corrected chi connectivity index (χ2v) is 4.94. The molecule has 1 aromatic carbocycles. The molecule has 0 aromatic heterocycles. The molecule has 0 aliphatic rings. The number of hydrogen-bond donors (Lipinski definition) is 0. The molecule has 1 rings (SSSR count). The minimum absolute atomic E-state index is 0.0629. The number of ketones is 1. The molecule has 0 fully saturated rings. The Morgan fingerprint density at radius 2 is 1.94 bits per heavy atom. The van der Waals surface area contributed by atoms with Crippen LogP contribution in [0.1, 0.15) is 36.5 Å². The number of benzene rings is 1. The van der Waals surface area contributed by atoms with Gasteiger partial charge in [-0.05, 0) is 41.1 Å². The molecule has 1 aromatic rings. The Kier molecular flexibility index (Phi) is 6.64. The largest absolute Gasteiger partial charge is 0.373 e. The van der Waals surface area contributed by atoms with Crippen molar-refractivity contribution in [2.75, 3.05) is 13.2 Å². The zero-order chi connectivity index (χ0) is 11.8. The van der Waals surface area contributed by atoms with Crippen LogP contribution in [-0.2, 0) is 4.74 Å². The van der Waals surface area contributed by atoms with Gasteiger partial charge in [0.15, 0.2) is 5.78 Å². The van der Waals surface area contributed by atoms with Gasteiger partial charge in [-0.1, -0.05) is 31.9 Å². The van der Waals surface area contributed by atoms with E-state index >= 15 is 0 Å². The third-order valence-corrected chi connectivity index (χ3v) is 3.01. The Balaban J connectivity index is 2.27. The molecule has 0 aliphatic heterocycles. The number of unbranched alkanes of at least 4 members (excludes halogenated alkanes) is 2. The fourth-order valence-corrected chi connectivity index (χ4v) is 1.70. The first-order valence-electron chi connectivity index (χ1n) is 5.60. The SMILES string of the molecule is CCCCCOCC(=O)c1ccc(I)cc1. The predicted octanol–water partition coefficient (Wildman–Crippen LogP) is 3.68. The van der Waals surface area contributed by atoms with Crippen LogP contribution in [-0.4, -0.2) is 19.0 Å². The number of carbonyl (C=O) groups excluding carboxylic acids is 1. The predicted molar refractivity (Wildman–Crippen MR) is 73.8 cm³/mol. The minimum Gasteiger partial charge on any atom is -0.373 e. The van der Waals surface area contributed by atoms with Crippen LogP contribution in [0.25, 0.3) is 0 Å². The molecule has 0 N–H and O–H groups in total. The van der Waals surface area contributed by atoms with Gasteiger partial charge in [-0.25, -0.2) is 0 Å². The summed E-state index contributed by atoms with van der Waals surface area (Å²) >= 11 is 2.22. The van der Waals surface area contributed by atoms with Gasteiger partial charge in [0.05, 0.1) is 0 Å². The highest BCUT2D eigenvalue weighted by Gasteiger charge is 2.04. The van der Waals surface area contributed by atoms with Gasteiger partial charge in [-0.3, -0.25) is 4.79 Å². The van der Waals surface area contributed by atoms with Gasteiger partial charge in [0, 0.05) is 15.7 Å². The summed E-state index contributed by atoms with van der Waals surface area (Å²) in [4.78, 5) is 11.7. The summed E-state index contributed by atoms with van der Waals surface area (Å²) in [6, 6.07) is 7.56. The molecule has 16 heavy (non-hydrogen) atoms. The molecule has 0 amide bonds. The summed E-state index contributed by atoms with van der Waals surface area (Å²) in [5.41, 5.74) is 0.732. The van der Waals surface area contributed by atoms with Crippen molar-refractivity contribution in [1.82, 2.24) is 0 Å². The van der Waals surface area contributed by atoms with Gasteiger partial charge >= 0.3 is 0 Å². The number of carbonyl (C=O) groups is 1. The van der Waals surface area contributed by atoms with Gasteiger partial charge in [0.2, 0.25) is 0 Å². The first kappa shape index (κ1) is 13.6. The van der Waals surface area contributed by atoms with Crippen molar-refractivity contribution in [1.29, 1.82) is 0 Å². The topological polar surface area (TPSA) is 26.3 Å². The lowest BCUT2D eigenvalue weighted by Crippen LogP contribution is -2.09. The standard InChI is InChI=1S/C13H17IO2/c1-2-3-4-9-16-10-13(15)11-5-7-12(14)8-6-11/h5-8H,2-4,9-10H2,1H3. The molecule has 2 nitrogen and oxygen atoms in total. The van der Waals surface area contributed by atoms with Gasteiger partial charge in [-0.2, -0.15) is 0 Å². The first-order valence-corrected chi connectivity index (χ1v) is 6.68. The summed E-state index contributed by atoms with van der Waals surface area (Å²) in [6.45, 7) is 3.03. The maximum Gasteiger partial charge on any atom is 0.188 e. The summed E-state index contributed by atoms with van der Waals surface area (Å²) in [5, 5.41) is 0. The maximum absolute atomic E-state index is 11.7. The van der Waals surface area contributed by atoms with Crippen molar-refractivity contribution in [2.24, 2.45) is 0 Å². The summed E-state index contributed by atoms with van der Waals surface area (Å²) in [6.07, 6.45) is 3.38. The smallest absolute Gasteiger partial charge is 0.188 e. The quantitative estimate of drug-likeness (QED) is 0.433. The summed E-state index contributed by atoms with van der Waals surface area (Å²) in [5.74, 6) is 0.0629. The highest BCUT2D eigenvalue weighted by Crippen LogP contribution is 2.07. The minimum atomic E-state index is 0.0629. The number of hydrogen-bond acceptors (Lipinski definition) is 2. The Morgan fingerprint density at radius 1 is 1.25 bits per heavy atom. The molecule has 0 saturated heterocycles. The fourth-order valence-electron chi connectivity index (χ4n) is 1.34. The van der Waals surface area contributed by atoms with E-state index in [4.69, 9.17) is 4.74 Å². The lowest BCUT2D eigenvalue weighted by molar-refractivity contribution is 0.0753. The van der Waals surface area contributed by atoms with E-state index in [1.165, 1.54) is 6.42 Å². The van der Waals surface area contributed by atoms with Crippen molar-refractivity contribution in [2.45, 2.75) is 26.2 Å². The number of rotatable bonds is 7. The van der Waals surface area contributed by atoms with Crippen LogP contribution in [0.15, 0.2) is 24.3 Å². The summed E-state index contributed by atoms with van der Waals surface area (Å²) in [7, 11) is 0. The third-order valence-electron chi connectivity index (χ3n) is 2.29. The second-order valence-electron chi connectivity index (χ2n) is 3.69. The zero-order valence-corrected chi connectivity index (χ0v) is 11.7. The highest BCUT2D eigenvalue weighted by atomic mass is 127. The van der Waals surface area contributed by atoms with Crippen molar-refractivity contribution >= 4 is 28.4 Å². The second kappa shape index (κ2) is 7.79. The fraction of sp³-hybridized carbons (Fsp3) is 0.462. The summed E-state index contributed by atoms with van der Waals surface area (Å²) < 4.78 is 6.47. The van der Waals surface area contributed by atoms with E-state index in [1.54, 1.807) is 0 Å². The lowest BCUT2D eigenvalue weighted by Gasteiger charge is -2.03. The van der Waals surface area contributed by atoms with E-state index in [0.29, 0.717) is 6.61 Å². The van der Waals surface area contributed by atoms with Crippen molar-refractivity contribution in [3.05, 3.63) is 33.4 Å². The van der Waals surface area contributed by atoms with E-state index in [9.17, 15) is 4.79 Å². The van der Waals surface area contributed by atoms with E-state index in [1.807, 2.05) is 24.3 Å². The molecule has 3 heteroatoms. The highest BCUT2D eigenvalue weighted by molar-refractivity contribution is 14.1. The van der Waals surface area contributed by atoms with Crippen LogP contribution in [0.4, 0.5) is 0 Å². The van der Waals surface area contributed by atoms with Crippen molar-refractivity contribution in [3.63, 3.8) is 0 Å². The molecule has 0 aliphatic carbocycles. The van der Waals surface area contributed by atoms with E-state index in [0.717, 1.165) is 22.0 Å². The molecule has 0 radical (unpaired) electrons. The van der Waals surface area contributed by atoms with Crippen molar-refractivity contribution < 1.29 is 9.53 Å². The molecule has 0 bridgehead atoms. The molecule has 0 atom stereocenters. The molecule has 0 heterocycles. The monoisotopic (exact) mass is 332 g/mol. The average molecular weight is 332 g/mol. The van der Waals surface area contributed by atoms with Gasteiger partial charge in [0.1, 0.15) is 6.61 Å². The molecule has 88 valence electrons. The number of ether oxygens (including phenoxy) is 1. The van der Waals surface area contributed by atoms with E-state index in [2.05, 4.69) is 29.5 Å². The van der Waals surface area contributed by atoms with Gasteiger partial charge in [-0.15, -0.1) is 0 Å². The van der Waals surface area contributed by atoms with Crippen LogP contribution in [0.3, 0.4) is 0 Å². The molecular formula is C13H17IO2. The first-order chi connectivity index (χ1) is 7.74. The zero-order valence-electron chi connectivity index (χ0n) is 9.54. The maximum atomic E-state index is 11.7.